The maximum absolute atomic E-state index is 11.2. The zero-order valence-electron chi connectivity index (χ0n) is 11.0. The second-order valence-electron chi connectivity index (χ2n) is 3.66. The number of methoxy groups -OCH3 is 3. The zero-order chi connectivity index (χ0) is 13.7. The molecule has 1 rings (SSSR count). The first kappa shape index (κ1) is 17.3. The topological polar surface area (TPSA) is 91.0 Å². The Morgan fingerprint density at radius 1 is 1.26 bits per heavy atom. The number of rotatable bonds is 5. The van der Waals surface area contributed by atoms with Crippen molar-refractivity contribution in [3.8, 4) is 17.2 Å². The number of phenolic OH excluding ortho intramolecular Hbond substituents is 1. The number of halogens is 1. The van der Waals surface area contributed by atoms with Gasteiger partial charge >= 0.3 is 5.97 Å². The predicted molar refractivity (Wildman–Crippen MR) is 72.0 cm³/mol. The molecule has 0 saturated heterocycles. The molecular weight excluding hydrogens is 274 g/mol. The lowest BCUT2D eigenvalue weighted by Gasteiger charge is -2.15. The molecule has 0 aromatic heterocycles. The van der Waals surface area contributed by atoms with Gasteiger partial charge in [-0.25, -0.2) is 0 Å². The van der Waals surface area contributed by atoms with Gasteiger partial charge in [-0.15, -0.1) is 12.4 Å². The number of carbonyl (C=O) groups excluding carboxylic acids is 1. The van der Waals surface area contributed by atoms with Crippen LogP contribution in [0.1, 0.15) is 18.0 Å². The summed E-state index contributed by atoms with van der Waals surface area (Å²) in [6, 6.07) is 2.57. The first-order valence-corrected chi connectivity index (χ1v) is 5.30. The van der Waals surface area contributed by atoms with Crippen molar-refractivity contribution in [2.24, 2.45) is 5.73 Å². The molecule has 0 aliphatic rings. The van der Waals surface area contributed by atoms with Crippen molar-refractivity contribution >= 4 is 18.4 Å². The molecule has 0 heterocycles. The third-order valence-corrected chi connectivity index (χ3v) is 2.54. The number of esters is 1. The Kier molecular flexibility index (Phi) is 7.03. The molecule has 1 aromatic carbocycles. The molecule has 108 valence electrons. The molecular formula is C12H18ClNO5. The molecule has 7 heteroatoms. The molecule has 0 unspecified atom stereocenters. The van der Waals surface area contributed by atoms with Gasteiger partial charge in [-0.05, 0) is 17.7 Å². The first-order chi connectivity index (χ1) is 8.53. The normalized spacial score (nSPS) is 11.2. The van der Waals surface area contributed by atoms with Gasteiger partial charge in [-0.2, -0.15) is 0 Å². The van der Waals surface area contributed by atoms with E-state index < -0.39 is 12.0 Å². The highest BCUT2D eigenvalue weighted by molar-refractivity contribution is 5.85. The molecule has 0 radical (unpaired) electrons. The van der Waals surface area contributed by atoms with E-state index in [0.717, 1.165) is 0 Å². The van der Waals surface area contributed by atoms with Crippen LogP contribution in [0.4, 0.5) is 0 Å². The minimum absolute atomic E-state index is 0. The summed E-state index contributed by atoms with van der Waals surface area (Å²) >= 11 is 0. The fraction of sp³-hybridized carbons (Fsp3) is 0.417. The van der Waals surface area contributed by atoms with Crippen LogP contribution in [0.15, 0.2) is 12.1 Å². The molecule has 0 saturated carbocycles. The largest absolute Gasteiger partial charge is 0.502 e. The number of nitrogens with two attached hydrogens (primary N) is 1. The molecule has 19 heavy (non-hydrogen) atoms. The van der Waals surface area contributed by atoms with Crippen molar-refractivity contribution < 1.29 is 24.1 Å². The van der Waals surface area contributed by atoms with E-state index in [0.29, 0.717) is 5.56 Å². The monoisotopic (exact) mass is 291 g/mol. The highest BCUT2D eigenvalue weighted by atomic mass is 35.5. The van der Waals surface area contributed by atoms with Gasteiger partial charge in [0.2, 0.25) is 5.75 Å². The summed E-state index contributed by atoms with van der Waals surface area (Å²) in [4.78, 5) is 11.2. The Morgan fingerprint density at radius 3 is 2.11 bits per heavy atom. The Balaban J connectivity index is 0.00000324. The second-order valence-corrected chi connectivity index (χ2v) is 3.66. The molecule has 0 bridgehead atoms. The van der Waals surface area contributed by atoms with Crippen LogP contribution in [0.5, 0.6) is 17.2 Å². The average Bonchev–Trinajstić information content (AvgIpc) is 2.38. The van der Waals surface area contributed by atoms with Gasteiger partial charge in [0.15, 0.2) is 11.5 Å². The van der Waals surface area contributed by atoms with Gasteiger partial charge < -0.3 is 25.1 Å². The quantitative estimate of drug-likeness (QED) is 0.797. The van der Waals surface area contributed by atoms with Gasteiger partial charge in [0.25, 0.3) is 0 Å². The maximum Gasteiger partial charge on any atom is 0.307 e. The van der Waals surface area contributed by atoms with Crippen LogP contribution in [-0.4, -0.2) is 32.4 Å². The first-order valence-electron chi connectivity index (χ1n) is 5.30. The van der Waals surface area contributed by atoms with Crippen molar-refractivity contribution in [1.82, 2.24) is 0 Å². The van der Waals surface area contributed by atoms with Crippen LogP contribution < -0.4 is 15.2 Å². The number of benzene rings is 1. The molecule has 0 aliphatic heterocycles. The van der Waals surface area contributed by atoms with Crippen molar-refractivity contribution in [2.45, 2.75) is 12.5 Å². The number of hydrogen-bond donors (Lipinski definition) is 2. The van der Waals surface area contributed by atoms with E-state index in [1.807, 2.05) is 0 Å². The smallest absolute Gasteiger partial charge is 0.307 e. The molecule has 1 atom stereocenters. The third-order valence-electron chi connectivity index (χ3n) is 2.54. The Labute approximate surface area is 117 Å². The minimum atomic E-state index is -0.555. The number of carbonyl (C=O) groups is 1. The highest BCUT2D eigenvalue weighted by Gasteiger charge is 2.17. The van der Waals surface area contributed by atoms with Gasteiger partial charge in [0.1, 0.15) is 0 Å². The fourth-order valence-corrected chi connectivity index (χ4v) is 1.51. The summed E-state index contributed by atoms with van der Waals surface area (Å²) in [5, 5.41) is 9.74. The zero-order valence-corrected chi connectivity index (χ0v) is 11.8. The van der Waals surface area contributed by atoms with Crippen LogP contribution in [-0.2, 0) is 9.53 Å². The van der Waals surface area contributed by atoms with E-state index in [-0.39, 0.29) is 36.1 Å². The van der Waals surface area contributed by atoms with Gasteiger partial charge in [-0.3, -0.25) is 4.79 Å². The molecule has 1 aromatic rings. The molecule has 0 amide bonds. The van der Waals surface area contributed by atoms with Crippen molar-refractivity contribution in [3.05, 3.63) is 17.7 Å². The minimum Gasteiger partial charge on any atom is -0.502 e. The predicted octanol–water partition coefficient (Wildman–Crippen LogP) is 1.39. The summed E-state index contributed by atoms with van der Waals surface area (Å²) in [7, 11) is 4.14. The molecule has 6 nitrogen and oxygen atoms in total. The standard InChI is InChI=1S/C12H17NO5.ClH/c1-16-9-4-7(5-10(17-2)12(9)15)8(13)6-11(14)18-3;/h4-5,8,15H,6,13H2,1-3H3;1H/t8-;/m0./s1. The second kappa shape index (κ2) is 7.70. The molecule has 3 N–H and O–H groups in total. The van der Waals surface area contributed by atoms with Gasteiger partial charge in [-0.1, -0.05) is 0 Å². The molecule has 0 aliphatic carbocycles. The molecule has 0 fully saturated rings. The summed E-state index contributed by atoms with van der Waals surface area (Å²) < 4.78 is 14.6. The van der Waals surface area contributed by atoms with Crippen LogP contribution in [0.2, 0.25) is 0 Å². The summed E-state index contributed by atoms with van der Waals surface area (Å²) in [5.74, 6) is -0.0307. The van der Waals surface area contributed by atoms with Gasteiger partial charge in [0.05, 0.1) is 27.8 Å². The SMILES string of the molecule is COC(=O)C[C@H](N)c1cc(OC)c(O)c(OC)c1.Cl. The van der Waals surface area contributed by atoms with Crippen LogP contribution in [0.3, 0.4) is 0 Å². The van der Waals surface area contributed by atoms with Crippen LogP contribution in [0.25, 0.3) is 0 Å². The fourth-order valence-electron chi connectivity index (χ4n) is 1.51. The number of aromatic hydroxyl groups is 1. The Bertz CT molecular complexity index is 413. The van der Waals surface area contributed by atoms with Crippen molar-refractivity contribution in [1.29, 1.82) is 0 Å². The highest BCUT2D eigenvalue weighted by Crippen LogP contribution is 2.38. The summed E-state index contributed by atoms with van der Waals surface area (Å²) in [6.07, 6.45) is 0.0353. The van der Waals surface area contributed by atoms with Crippen molar-refractivity contribution in [3.63, 3.8) is 0 Å². The van der Waals surface area contributed by atoms with Crippen molar-refractivity contribution in [2.75, 3.05) is 21.3 Å². The number of phenols is 1. The van der Waals surface area contributed by atoms with Crippen LogP contribution in [0, 0.1) is 0 Å². The van der Waals surface area contributed by atoms with Gasteiger partial charge in [0, 0.05) is 6.04 Å². The Hall–Kier alpha value is -1.66. The maximum atomic E-state index is 11.2. The van der Waals surface area contributed by atoms with E-state index in [1.54, 1.807) is 12.1 Å². The molecule has 0 spiro atoms. The number of hydrogen-bond acceptors (Lipinski definition) is 6. The van der Waals surface area contributed by atoms with E-state index in [4.69, 9.17) is 15.2 Å². The lowest BCUT2D eigenvalue weighted by atomic mass is 10.0. The summed E-state index contributed by atoms with van der Waals surface area (Å²) in [6.45, 7) is 0. The summed E-state index contributed by atoms with van der Waals surface area (Å²) in [5.41, 5.74) is 6.49. The van der Waals surface area contributed by atoms with E-state index in [2.05, 4.69) is 4.74 Å². The van der Waals surface area contributed by atoms with E-state index in [1.165, 1.54) is 21.3 Å². The van der Waals surface area contributed by atoms with E-state index in [9.17, 15) is 9.90 Å². The average molecular weight is 292 g/mol. The lowest BCUT2D eigenvalue weighted by molar-refractivity contribution is -0.141. The lowest BCUT2D eigenvalue weighted by Crippen LogP contribution is -2.16. The van der Waals surface area contributed by atoms with E-state index >= 15 is 0 Å². The Morgan fingerprint density at radius 2 is 1.74 bits per heavy atom. The number of ether oxygens (including phenoxy) is 3. The third kappa shape index (κ3) is 4.18. The van der Waals surface area contributed by atoms with Crippen LogP contribution >= 0.6 is 12.4 Å².